The van der Waals surface area contributed by atoms with Gasteiger partial charge >= 0.3 is 0 Å². The van der Waals surface area contributed by atoms with Crippen molar-refractivity contribution in [1.29, 1.82) is 0 Å². The van der Waals surface area contributed by atoms with Gasteiger partial charge < -0.3 is 16.2 Å². The van der Waals surface area contributed by atoms with Crippen LogP contribution in [0.15, 0.2) is 12.1 Å². The molecular weight excluding hydrogens is 247 g/mol. The molecule has 2 unspecified atom stereocenters. The molecule has 104 valence electrons. The number of hydrogen-bond acceptors (Lipinski definition) is 3. The van der Waals surface area contributed by atoms with Crippen LogP contribution in [0.4, 0.5) is 10.1 Å². The molecule has 0 aromatic heterocycles. The third kappa shape index (κ3) is 2.30. The zero-order valence-electron chi connectivity index (χ0n) is 11.3. The highest BCUT2D eigenvalue weighted by Gasteiger charge is 2.47. The minimum absolute atomic E-state index is 0.0451. The summed E-state index contributed by atoms with van der Waals surface area (Å²) in [6, 6.07) is 2.74. The van der Waals surface area contributed by atoms with Crippen LogP contribution in [0.5, 0.6) is 0 Å². The number of rotatable bonds is 3. The Morgan fingerprint density at radius 1 is 1.53 bits per heavy atom. The molecule has 19 heavy (non-hydrogen) atoms. The van der Waals surface area contributed by atoms with Gasteiger partial charge in [-0.2, -0.15) is 0 Å². The highest BCUT2D eigenvalue weighted by Crippen LogP contribution is 2.42. The number of anilines is 1. The molecule has 2 rings (SSSR count). The second kappa shape index (κ2) is 4.49. The Balaban J connectivity index is 2.28. The van der Waals surface area contributed by atoms with Gasteiger partial charge in [-0.15, -0.1) is 0 Å². The second-order valence-corrected chi connectivity index (χ2v) is 5.76. The first-order chi connectivity index (χ1) is 8.73. The summed E-state index contributed by atoms with van der Waals surface area (Å²) in [7, 11) is 0. The SMILES string of the molecule is Cc1c(F)cc(C(N)=O)cc1NC1CC(O)C1(C)C. The number of aliphatic hydroxyl groups excluding tert-OH is 1. The van der Waals surface area contributed by atoms with Gasteiger partial charge in [-0.05, 0) is 25.5 Å². The lowest BCUT2D eigenvalue weighted by atomic mass is 9.64. The van der Waals surface area contributed by atoms with Gasteiger partial charge in [0.1, 0.15) is 5.82 Å². The number of nitrogens with two attached hydrogens (primary N) is 1. The number of carbonyl (C=O) groups is 1. The molecule has 4 N–H and O–H groups in total. The van der Waals surface area contributed by atoms with Crippen LogP contribution in [0.1, 0.15) is 36.2 Å². The van der Waals surface area contributed by atoms with Crippen LogP contribution < -0.4 is 11.1 Å². The minimum atomic E-state index is -0.658. The van der Waals surface area contributed by atoms with Gasteiger partial charge in [0, 0.05) is 28.3 Å². The lowest BCUT2D eigenvalue weighted by Gasteiger charge is -2.50. The molecule has 1 aliphatic rings. The van der Waals surface area contributed by atoms with E-state index in [1.165, 1.54) is 0 Å². The number of carbonyl (C=O) groups excluding carboxylic acids is 1. The van der Waals surface area contributed by atoms with E-state index in [1.54, 1.807) is 13.0 Å². The highest BCUT2D eigenvalue weighted by atomic mass is 19.1. The zero-order valence-corrected chi connectivity index (χ0v) is 11.3. The average Bonchev–Trinajstić information content (AvgIpc) is 2.33. The predicted octanol–water partition coefficient (Wildman–Crippen LogP) is 1.80. The van der Waals surface area contributed by atoms with Crippen molar-refractivity contribution < 1.29 is 14.3 Å². The Labute approximate surface area is 111 Å². The van der Waals surface area contributed by atoms with Crippen molar-refractivity contribution in [2.75, 3.05) is 5.32 Å². The Bertz CT molecular complexity index is 528. The summed E-state index contributed by atoms with van der Waals surface area (Å²) < 4.78 is 13.7. The van der Waals surface area contributed by atoms with E-state index >= 15 is 0 Å². The monoisotopic (exact) mass is 266 g/mol. The van der Waals surface area contributed by atoms with E-state index in [9.17, 15) is 14.3 Å². The second-order valence-electron chi connectivity index (χ2n) is 5.76. The number of primary amides is 1. The first kappa shape index (κ1) is 13.8. The summed E-state index contributed by atoms with van der Waals surface area (Å²) in [6.07, 6.45) is 0.240. The van der Waals surface area contributed by atoms with Crippen molar-refractivity contribution in [3.8, 4) is 0 Å². The van der Waals surface area contributed by atoms with Gasteiger partial charge in [0.25, 0.3) is 0 Å². The molecular formula is C14H19FN2O2. The third-order valence-corrected chi connectivity index (χ3v) is 4.17. The number of amides is 1. The predicted molar refractivity (Wildman–Crippen MR) is 71.5 cm³/mol. The van der Waals surface area contributed by atoms with Crippen molar-refractivity contribution in [2.24, 2.45) is 11.1 Å². The largest absolute Gasteiger partial charge is 0.392 e. The van der Waals surface area contributed by atoms with Crippen molar-refractivity contribution in [2.45, 2.75) is 39.3 Å². The molecule has 5 heteroatoms. The maximum atomic E-state index is 13.7. The van der Waals surface area contributed by atoms with Gasteiger partial charge in [0.15, 0.2) is 0 Å². The molecule has 0 spiro atoms. The molecule has 0 aliphatic heterocycles. The first-order valence-electron chi connectivity index (χ1n) is 6.28. The summed E-state index contributed by atoms with van der Waals surface area (Å²) in [4.78, 5) is 11.2. The molecule has 1 aliphatic carbocycles. The molecule has 1 fully saturated rings. The quantitative estimate of drug-likeness (QED) is 0.781. The van der Waals surface area contributed by atoms with Crippen LogP contribution in [-0.2, 0) is 0 Å². The van der Waals surface area contributed by atoms with Crippen LogP contribution >= 0.6 is 0 Å². The summed E-state index contributed by atoms with van der Waals surface area (Å²) in [5.41, 5.74) is 6.05. The molecule has 0 saturated heterocycles. The fourth-order valence-corrected chi connectivity index (χ4v) is 2.31. The number of halogens is 1. The van der Waals surface area contributed by atoms with Gasteiger partial charge in [-0.1, -0.05) is 13.8 Å². The lowest BCUT2D eigenvalue weighted by molar-refractivity contribution is -0.0510. The molecule has 0 radical (unpaired) electrons. The molecule has 4 nitrogen and oxygen atoms in total. The van der Waals surface area contributed by atoms with Crippen molar-refractivity contribution in [3.05, 3.63) is 29.1 Å². The van der Waals surface area contributed by atoms with Gasteiger partial charge in [0.2, 0.25) is 5.91 Å². The summed E-state index contributed by atoms with van der Waals surface area (Å²) in [6.45, 7) is 5.54. The number of benzene rings is 1. The maximum absolute atomic E-state index is 13.7. The molecule has 0 heterocycles. The molecule has 1 saturated carbocycles. The van der Waals surface area contributed by atoms with E-state index in [-0.39, 0.29) is 23.1 Å². The van der Waals surface area contributed by atoms with Crippen LogP contribution in [0.25, 0.3) is 0 Å². The van der Waals surface area contributed by atoms with Gasteiger partial charge in [-0.25, -0.2) is 4.39 Å². The fourth-order valence-electron chi connectivity index (χ4n) is 2.31. The Hall–Kier alpha value is -1.62. The molecule has 0 bridgehead atoms. The smallest absolute Gasteiger partial charge is 0.248 e. The summed E-state index contributed by atoms with van der Waals surface area (Å²) in [5.74, 6) is -1.12. The minimum Gasteiger partial charge on any atom is -0.392 e. The van der Waals surface area contributed by atoms with Crippen LogP contribution in [-0.4, -0.2) is 23.2 Å². The maximum Gasteiger partial charge on any atom is 0.248 e. The van der Waals surface area contributed by atoms with E-state index < -0.39 is 11.7 Å². The lowest BCUT2D eigenvalue weighted by Crippen LogP contribution is -2.57. The topological polar surface area (TPSA) is 75.4 Å². The number of aliphatic hydroxyl groups is 1. The molecule has 1 aromatic carbocycles. The standard InChI is InChI=1S/C14H19FN2O2/c1-7-9(15)4-8(13(16)19)5-10(7)17-11-6-12(18)14(11,2)3/h4-5,11-12,17-18H,6H2,1-3H3,(H2,16,19). The average molecular weight is 266 g/mol. The van der Waals surface area contributed by atoms with E-state index in [0.29, 0.717) is 17.7 Å². The van der Waals surface area contributed by atoms with Crippen LogP contribution in [0, 0.1) is 18.2 Å². The van der Waals surface area contributed by atoms with E-state index in [0.717, 1.165) is 6.07 Å². The van der Waals surface area contributed by atoms with Crippen molar-refractivity contribution in [3.63, 3.8) is 0 Å². The van der Waals surface area contributed by atoms with Crippen LogP contribution in [0.2, 0.25) is 0 Å². The molecule has 1 aromatic rings. The summed E-state index contributed by atoms with van der Waals surface area (Å²) in [5, 5.41) is 12.9. The fraction of sp³-hybridized carbons (Fsp3) is 0.500. The van der Waals surface area contributed by atoms with E-state index in [2.05, 4.69) is 5.32 Å². The molecule has 2 atom stereocenters. The van der Waals surface area contributed by atoms with Crippen molar-refractivity contribution in [1.82, 2.24) is 0 Å². The Kier molecular flexibility index (Phi) is 3.26. The van der Waals surface area contributed by atoms with Gasteiger partial charge in [-0.3, -0.25) is 4.79 Å². The van der Waals surface area contributed by atoms with Crippen LogP contribution in [0.3, 0.4) is 0 Å². The number of nitrogens with one attached hydrogen (secondary N) is 1. The Morgan fingerprint density at radius 3 is 2.63 bits per heavy atom. The molecule has 1 amide bonds. The number of hydrogen-bond donors (Lipinski definition) is 3. The van der Waals surface area contributed by atoms with Crippen molar-refractivity contribution >= 4 is 11.6 Å². The normalized spacial score (nSPS) is 24.7. The first-order valence-corrected chi connectivity index (χ1v) is 6.28. The highest BCUT2D eigenvalue weighted by molar-refractivity contribution is 5.94. The Morgan fingerprint density at radius 2 is 2.16 bits per heavy atom. The van der Waals surface area contributed by atoms with E-state index in [1.807, 2.05) is 13.8 Å². The summed E-state index contributed by atoms with van der Waals surface area (Å²) >= 11 is 0. The van der Waals surface area contributed by atoms with Gasteiger partial charge in [0.05, 0.1) is 6.10 Å². The third-order valence-electron chi connectivity index (χ3n) is 4.17. The van der Waals surface area contributed by atoms with E-state index in [4.69, 9.17) is 5.73 Å². The zero-order chi connectivity index (χ0) is 14.4.